The molecular formula is C30H26ClFIN3. The maximum atomic E-state index is 13.6. The first kappa shape index (κ1) is 27.4. The van der Waals surface area contributed by atoms with E-state index in [2.05, 4.69) is 64.1 Å². The van der Waals surface area contributed by atoms with Gasteiger partial charge in [0.15, 0.2) is 0 Å². The van der Waals surface area contributed by atoms with Crippen molar-refractivity contribution in [3.63, 3.8) is 0 Å². The predicted molar refractivity (Wildman–Crippen MR) is 142 cm³/mol. The summed E-state index contributed by atoms with van der Waals surface area (Å²) in [5, 5.41) is 9.50. The van der Waals surface area contributed by atoms with Crippen LogP contribution in [0.5, 0.6) is 0 Å². The average Bonchev–Trinajstić information content (AvgIpc) is 2.88. The molecule has 0 saturated heterocycles. The minimum absolute atomic E-state index is 0. The van der Waals surface area contributed by atoms with E-state index in [1.807, 2.05) is 38.4 Å². The van der Waals surface area contributed by atoms with E-state index in [0.29, 0.717) is 18.0 Å². The van der Waals surface area contributed by atoms with Crippen LogP contribution in [0, 0.1) is 17.1 Å². The molecule has 0 radical (unpaired) electrons. The molecule has 0 spiro atoms. The minimum atomic E-state index is -0.257. The second-order valence-electron chi connectivity index (χ2n) is 8.38. The molecule has 0 N–H and O–H groups in total. The third kappa shape index (κ3) is 6.71. The summed E-state index contributed by atoms with van der Waals surface area (Å²) in [7, 11) is 4.00. The second kappa shape index (κ2) is 12.7. The van der Waals surface area contributed by atoms with E-state index < -0.39 is 0 Å². The zero-order valence-corrected chi connectivity index (χ0v) is 23.0. The van der Waals surface area contributed by atoms with Crippen molar-refractivity contribution in [1.29, 1.82) is 5.26 Å². The number of rotatable bonds is 7. The van der Waals surface area contributed by atoms with Crippen LogP contribution in [0.3, 0.4) is 0 Å². The summed E-state index contributed by atoms with van der Waals surface area (Å²) in [6, 6.07) is 29.0. The van der Waals surface area contributed by atoms with E-state index in [9.17, 15) is 4.39 Å². The van der Waals surface area contributed by atoms with Crippen LogP contribution in [-0.2, 0) is 7.05 Å². The third-order valence-corrected chi connectivity index (χ3v) is 6.25. The van der Waals surface area contributed by atoms with Gasteiger partial charge in [0.1, 0.15) is 12.9 Å². The Morgan fingerprint density at radius 1 is 0.889 bits per heavy atom. The molecule has 0 bridgehead atoms. The first-order valence-corrected chi connectivity index (χ1v) is 11.7. The van der Waals surface area contributed by atoms with Crippen LogP contribution in [0.15, 0.2) is 84.9 Å². The number of hydrogen-bond donors (Lipinski definition) is 0. The Labute approximate surface area is 234 Å². The molecule has 4 rings (SSSR count). The molecule has 0 amide bonds. The third-order valence-electron chi connectivity index (χ3n) is 6.00. The SMILES string of the molecule is CN(CCC#N)c1ccc(C=Cc2cc(-c3ccc(Cl)cc3)cc(-c3ccc(F)cc3)[n+]2C)cc1.[I-]. The van der Waals surface area contributed by atoms with E-state index in [4.69, 9.17) is 16.9 Å². The lowest BCUT2D eigenvalue weighted by Crippen LogP contribution is -3.00. The summed E-state index contributed by atoms with van der Waals surface area (Å²) < 4.78 is 15.7. The summed E-state index contributed by atoms with van der Waals surface area (Å²) in [5.74, 6) is -0.257. The highest BCUT2D eigenvalue weighted by atomic mass is 127. The minimum Gasteiger partial charge on any atom is -1.00 e. The zero-order chi connectivity index (χ0) is 24.8. The molecule has 0 fully saturated rings. The summed E-state index contributed by atoms with van der Waals surface area (Å²) in [6.07, 6.45) is 4.66. The Morgan fingerprint density at radius 3 is 2.17 bits per heavy atom. The van der Waals surface area contributed by atoms with Crippen LogP contribution in [0.4, 0.5) is 10.1 Å². The van der Waals surface area contributed by atoms with Crippen molar-refractivity contribution < 1.29 is 32.9 Å². The van der Waals surface area contributed by atoms with E-state index in [0.717, 1.165) is 39.3 Å². The van der Waals surface area contributed by atoms with Gasteiger partial charge in [0.2, 0.25) is 11.4 Å². The first-order valence-electron chi connectivity index (χ1n) is 11.4. The Kier molecular flexibility index (Phi) is 9.63. The lowest BCUT2D eigenvalue weighted by atomic mass is 10.0. The van der Waals surface area contributed by atoms with Crippen molar-refractivity contribution >= 4 is 29.4 Å². The molecule has 0 aliphatic carbocycles. The largest absolute Gasteiger partial charge is 1.00 e. The fraction of sp³-hybridized carbons (Fsp3) is 0.133. The summed E-state index contributed by atoms with van der Waals surface area (Å²) in [4.78, 5) is 2.07. The number of nitrogens with zero attached hydrogens (tertiary/aromatic N) is 3. The molecular weight excluding hydrogens is 584 g/mol. The van der Waals surface area contributed by atoms with Crippen molar-refractivity contribution in [2.75, 3.05) is 18.5 Å². The standard InChI is InChI=1S/C30H26ClFN3.HI/c1-34(19-3-18-33)28-15-4-22(5-16-28)6-17-29-20-25(23-7-11-26(31)12-8-23)21-30(35(29)2)24-9-13-27(32)14-10-24;/h4-17,20-21H,3,19H2,1-2H3;1H/q+1;/p-1. The smallest absolute Gasteiger partial charge is 0.213 e. The summed E-state index contributed by atoms with van der Waals surface area (Å²) >= 11 is 6.10. The molecule has 0 unspecified atom stereocenters. The number of pyridine rings is 1. The molecule has 1 aromatic heterocycles. The predicted octanol–water partition coefficient (Wildman–Crippen LogP) is 4.16. The molecule has 0 saturated carbocycles. The van der Waals surface area contributed by atoms with Crippen molar-refractivity contribution in [2.45, 2.75) is 6.42 Å². The monoisotopic (exact) mass is 609 g/mol. The van der Waals surface area contributed by atoms with Gasteiger partial charge in [-0.1, -0.05) is 35.9 Å². The van der Waals surface area contributed by atoms with Crippen LogP contribution in [0.25, 0.3) is 34.5 Å². The van der Waals surface area contributed by atoms with Gasteiger partial charge in [0.05, 0.1) is 12.5 Å². The van der Waals surface area contributed by atoms with Crippen molar-refractivity contribution in [2.24, 2.45) is 7.05 Å². The number of hydrogen-bond acceptors (Lipinski definition) is 2. The molecule has 3 nitrogen and oxygen atoms in total. The van der Waals surface area contributed by atoms with Gasteiger partial charge in [0.25, 0.3) is 0 Å². The molecule has 6 heteroatoms. The number of aromatic nitrogens is 1. The van der Waals surface area contributed by atoms with Crippen molar-refractivity contribution in [1.82, 2.24) is 0 Å². The summed E-state index contributed by atoms with van der Waals surface area (Å²) in [5.41, 5.74) is 7.17. The molecule has 0 atom stereocenters. The van der Waals surface area contributed by atoms with Gasteiger partial charge in [0, 0.05) is 48.1 Å². The summed E-state index contributed by atoms with van der Waals surface area (Å²) in [6.45, 7) is 0.700. The zero-order valence-electron chi connectivity index (χ0n) is 20.1. The van der Waals surface area contributed by atoms with Crippen LogP contribution in [-0.4, -0.2) is 13.6 Å². The fourth-order valence-electron chi connectivity index (χ4n) is 3.92. The molecule has 1 heterocycles. The quantitative estimate of drug-likeness (QED) is 0.233. The molecule has 182 valence electrons. The molecule has 0 aliphatic heterocycles. The van der Waals surface area contributed by atoms with Crippen molar-refractivity contribution in [3.05, 3.63) is 107 Å². The maximum Gasteiger partial charge on any atom is 0.213 e. The van der Waals surface area contributed by atoms with Gasteiger partial charge in [-0.15, -0.1) is 0 Å². The van der Waals surface area contributed by atoms with Crippen molar-refractivity contribution in [3.8, 4) is 28.5 Å². The fourth-order valence-corrected chi connectivity index (χ4v) is 4.04. The van der Waals surface area contributed by atoms with E-state index in [-0.39, 0.29) is 29.8 Å². The number of halogens is 3. The first-order chi connectivity index (χ1) is 16.9. The highest BCUT2D eigenvalue weighted by molar-refractivity contribution is 6.30. The van der Waals surface area contributed by atoms with Gasteiger partial charge in [-0.05, 0) is 71.3 Å². The van der Waals surface area contributed by atoms with E-state index in [1.54, 1.807) is 12.1 Å². The Bertz CT molecular complexity index is 1380. The van der Waals surface area contributed by atoms with Gasteiger partial charge < -0.3 is 28.9 Å². The number of anilines is 1. The lowest BCUT2D eigenvalue weighted by molar-refractivity contribution is -0.662. The second-order valence-corrected chi connectivity index (χ2v) is 8.82. The van der Waals surface area contributed by atoms with Gasteiger partial charge in [-0.3, -0.25) is 0 Å². The van der Waals surface area contributed by atoms with Crippen LogP contribution in [0.1, 0.15) is 17.7 Å². The highest BCUT2D eigenvalue weighted by Gasteiger charge is 2.17. The van der Waals surface area contributed by atoms with Crippen LogP contribution in [0.2, 0.25) is 5.02 Å². The molecule has 3 aromatic carbocycles. The number of benzene rings is 3. The molecule has 0 aliphatic rings. The normalized spacial score (nSPS) is 10.6. The van der Waals surface area contributed by atoms with Crippen LogP contribution < -0.4 is 33.4 Å². The Morgan fingerprint density at radius 2 is 1.53 bits per heavy atom. The topological polar surface area (TPSA) is 30.9 Å². The molecule has 36 heavy (non-hydrogen) atoms. The van der Waals surface area contributed by atoms with E-state index in [1.165, 1.54) is 12.1 Å². The molecule has 4 aromatic rings. The Hall–Kier alpha value is -3.21. The maximum absolute atomic E-state index is 13.6. The van der Waals surface area contributed by atoms with Gasteiger partial charge in [-0.25, -0.2) is 4.39 Å². The average molecular weight is 610 g/mol. The highest BCUT2D eigenvalue weighted by Crippen LogP contribution is 2.27. The number of nitriles is 1. The van der Waals surface area contributed by atoms with Gasteiger partial charge in [-0.2, -0.15) is 9.83 Å². The van der Waals surface area contributed by atoms with Gasteiger partial charge >= 0.3 is 0 Å². The lowest BCUT2D eigenvalue weighted by Gasteiger charge is -2.17. The Balaban J connectivity index is 0.00000361. The van der Waals surface area contributed by atoms with Crippen LogP contribution >= 0.6 is 11.6 Å². The van der Waals surface area contributed by atoms with E-state index >= 15 is 0 Å².